The van der Waals surface area contributed by atoms with Gasteiger partial charge in [-0.2, -0.15) is 0 Å². The van der Waals surface area contributed by atoms with Crippen molar-refractivity contribution in [2.75, 3.05) is 19.6 Å². The SMILES string of the molecule is [CH2]CN1CCC(C)CC1. The summed E-state index contributed by atoms with van der Waals surface area (Å²) >= 11 is 0. The van der Waals surface area contributed by atoms with Gasteiger partial charge in [0.2, 0.25) is 0 Å². The van der Waals surface area contributed by atoms with Crippen molar-refractivity contribution in [3.8, 4) is 0 Å². The maximum atomic E-state index is 3.86. The quantitative estimate of drug-likeness (QED) is 0.515. The second kappa shape index (κ2) is 3.21. The van der Waals surface area contributed by atoms with Crippen LogP contribution >= 0.6 is 0 Å². The Labute approximate surface area is 58.0 Å². The Kier molecular flexibility index (Phi) is 2.52. The zero-order chi connectivity index (χ0) is 6.69. The maximum Gasteiger partial charge on any atom is -0.00162 e. The van der Waals surface area contributed by atoms with Gasteiger partial charge in [-0.3, -0.25) is 0 Å². The van der Waals surface area contributed by atoms with Gasteiger partial charge in [-0.25, -0.2) is 0 Å². The van der Waals surface area contributed by atoms with Gasteiger partial charge in [-0.1, -0.05) is 6.92 Å². The summed E-state index contributed by atoms with van der Waals surface area (Å²) in [6, 6.07) is 0. The third-order valence-corrected chi connectivity index (χ3v) is 2.19. The van der Waals surface area contributed by atoms with Gasteiger partial charge >= 0.3 is 0 Å². The number of rotatable bonds is 1. The molecule has 0 aliphatic carbocycles. The van der Waals surface area contributed by atoms with Gasteiger partial charge < -0.3 is 4.90 Å². The van der Waals surface area contributed by atoms with Crippen LogP contribution in [-0.4, -0.2) is 24.5 Å². The minimum Gasteiger partial charge on any atom is -0.303 e. The van der Waals surface area contributed by atoms with E-state index in [-0.39, 0.29) is 0 Å². The first-order valence-electron chi connectivity index (χ1n) is 3.84. The summed E-state index contributed by atoms with van der Waals surface area (Å²) in [7, 11) is 0. The molecule has 1 rings (SSSR count). The number of piperidine rings is 1. The molecule has 0 spiro atoms. The molecule has 0 amide bonds. The highest BCUT2D eigenvalue weighted by atomic mass is 15.1. The molecular formula is C8H16N. The second-order valence-corrected chi connectivity index (χ2v) is 3.02. The first kappa shape index (κ1) is 7.07. The lowest BCUT2D eigenvalue weighted by Crippen LogP contribution is -2.32. The maximum absolute atomic E-state index is 3.86. The van der Waals surface area contributed by atoms with E-state index < -0.39 is 0 Å². The van der Waals surface area contributed by atoms with Gasteiger partial charge in [0.25, 0.3) is 0 Å². The number of likely N-dealkylation sites (tertiary alicyclic amines) is 1. The van der Waals surface area contributed by atoms with Crippen LogP contribution in [0.25, 0.3) is 0 Å². The van der Waals surface area contributed by atoms with E-state index in [9.17, 15) is 0 Å². The smallest absolute Gasteiger partial charge is 0.00162 e. The van der Waals surface area contributed by atoms with E-state index in [1.54, 1.807) is 0 Å². The summed E-state index contributed by atoms with van der Waals surface area (Å²) < 4.78 is 0. The standard InChI is InChI=1S/C8H16N/c1-3-9-6-4-8(2)5-7-9/h8H,1,3-7H2,2H3. The third-order valence-electron chi connectivity index (χ3n) is 2.19. The van der Waals surface area contributed by atoms with Crippen molar-refractivity contribution < 1.29 is 0 Å². The molecule has 0 aromatic rings. The molecule has 1 radical (unpaired) electrons. The molecule has 0 aromatic heterocycles. The van der Waals surface area contributed by atoms with Crippen LogP contribution < -0.4 is 0 Å². The fourth-order valence-electron chi connectivity index (χ4n) is 1.29. The van der Waals surface area contributed by atoms with Gasteiger partial charge in [-0.15, -0.1) is 0 Å². The van der Waals surface area contributed by atoms with Crippen LogP contribution in [0, 0.1) is 12.8 Å². The topological polar surface area (TPSA) is 3.24 Å². The molecule has 9 heavy (non-hydrogen) atoms. The molecule has 1 aliphatic rings. The molecule has 0 unspecified atom stereocenters. The van der Waals surface area contributed by atoms with E-state index in [2.05, 4.69) is 18.7 Å². The van der Waals surface area contributed by atoms with E-state index >= 15 is 0 Å². The summed E-state index contributed by atoms with van der Waals surface area (Å²) in [5.41, 5.74) is 0. The molecule has 1 aliphatic heterocycles. The Balaban J connectivity index is 2.18. The minimum atomic E-state index is 0.952. The molecule has 0 aromatic carbocycles. The fourth-order valence-corrected chi connectivity index (χ4v) is 1.29. The molecule has 1 saturated heterocycles. The predicted octanol–water partition coefficient (Wildman–Crippen LogP) is 1.55. The van der Waals surface area contributed by atoms with E-state index in [0.717, 1.165) is 12.5 Å². The van der Waals surface area contributed by atoms with Crippen molar-refractivity contribution in [1.29, 1.82) is 0 Å². The second-order valence-electron chi connectivity index (χ2n) is 3.02. The molecule has 1 heteroatoms. The van der Waals surface area contributed by atoms with Crippen molar-refractivity contribution >= 4 is 0 Å². The molecule has 0 N–H and O–H groups in total. The number of hydrogen-bond donors (Lipinski definition) is 0. The first-order chi connectivity index (χ1) is 4.33. The molecule has 1 nitrogen and oxygen atoms in total. The normalized spacial score (nSPS) is 24.7. The van der Waals surface area contributed by atoms with E-state index in [1.807, 2.05) is 0 Å². The summed E-state index contributed by atoms with van der Waals surface area (Å²) in [5, 5.41) is 0. The highest BCUT2D eigenvalue weighted by Crippen LogP contribution is 2.14. The Morgan fingerprint density at radius 2 is 2.00 bits per heavy atom. The molecule has 1 heterocycles. The average molecular weight is 126 g/mol. The van der Waals surface area contributed by atoms with Gasteiger partial charge in [0.1, 0.15) is 0 Å². The van der Waals surface area contributed by atoms with Crippen molar-refractivity contribution in [2.24, 2.45) is 5.92 Å². The van der Waals surface area contributed by atoms with E-state index in [4.69, 9.17) is 0 Å². The largest absolute Gasteiger partial charge is 0.303 e. The molecule has 0 atom stereocenters. The molecular weight excluding hydrogens is 110 g/mol. The molecule has 0 bridgehead atoms. The third kappa shape index (κ3) is 1.98. The summed E-state index contributed by atoms with van der Waals surface area (Å²) in [6.45, 7) is 9.72. The van der Waals surface area contributed by atoms with Crippen LogP contribution in [0.2, 0.25) is 0 Å². The van der Waals surface area contributed by atoms with Crippen molar-refractivity contribution in [1.82, 2.24) is 4.90 Å². The predicted molar refractivity (Wildman–Crippen MR) is 40.2 cm³/mol. The molecule has 1 fully saturated rings. The van der Waals surface area contributed by atoms with Crippen LogP contribution in [0.5, 0.6) is 0 Å². The zero-order valence-corrected chi connectivity index (χ0v) is 6.27. The fraction of sp³-hybridized carbons (Fsp3) is 0.875. The van der Waals surface area contributed by atoms with Gasteiger partial charge in [0.05, 0.1) is 0 Å². The summed E-state index contributed by atoms with van der Waals surface area (Å²) in [5.74, 6) is 0.952. The lowest BCUT2D eigenvalue weighted by molar-refractivity contribution is 0.209. The van der Waals surface area contributed by atoms with Crippen LogP contribution in [0.15, 0.2) is 0 Å². The van der Waals surface area contributed by atoms with Gasteiger partial charge in [0.15, 0.2) is 0 Å². The van der Waals surface area contributed by atoms with Crippen LogP contribution in [0.3, 0.4) is 0 Å². The summed E-state index contributed by atoms with van der Waals surface area (Å²) in [6.07, 6.45) is 2.74. The lowest BCUT2D eigenvalue weighted by atomic mass is 9.99. The Morgan fingerprint density at radius 1 is 1.44 bits per heavy atom. The zero-order valence-electron chi connectivity index (χ0n) is 6.27. The van der Waals surface area contributed by atoms with Crippen LogP contribution in [-0.2, 0) is 0 Å². The van der Waals surface area contributed by atoms with E-state index in [1.165, 1.54) is 25.9 Å². The molecule has 53 valence electrons. The number of hydrogen-bond acceptors (Lipinski definition) is 1. The molecule has 0 saturated carbocycles. The van der Waals surface area contributed by atoms with Crippen LogP contribution in [0.1, 0.15) is 19.8 Å². The first-order valence-corrected chi connectivity index (χ1v) is 3.84. The highest BCUT2D eigenvalue weighted by Gasteiger charge is 2.12. The van der Waals surface area contributed by atoms with Gasteiger partial charge in [0, 0.05) is 0 Å². The van der Waals surface area contributed by atoms with Crippen LogP contribution in [0.4, 0.5) is 0 Å². The van der Waals surface area contributed by atoms with Crippen molar-refractivity contribution in [3.05, 3.63) is 6.92 Å². The van der Waals surface area contributed by atoms with Crippen molar-refractivity contribution in [3.63, 3.8) is 0 Å². The Morgan fingerprint density at radius 3 is 2.44 bits per heavy atom. The van der Waals surface area contributed by atoms with Gasteiger partial charge in [-0.05, 0) is 45.3 Å². The monoisotopic (exact) mass is 126 g/mol. The number of nitrogens with zero attached hydrogens (tertiary/aromatic N) is 1. The summed E-state index contributed by atoms with van der Waals surface area (Å²) in [4.78, 5) is 2.42. The minimum absolute atomic E-state index is 0.952. The Hall–Kier alpha value is -0.0400. The highest BCUT2D eigenvalue weighted by molar-refractivity contribution is 4.69. The Bertz CT molecular complexity index is 72.6. The average Bonchev–Trinajstić information content (AvgIpc) is 1.90. The lowest BCUT2D eigenvalue weighted by Gasteiger charge is -2.28. The van der Waals surface area contributed by atoms with E-state index in [0.29, 0.717) is 0 Å². The van der Waals surface area contributed by atoms with Crippen molar-refractivity contribution in [2.45, 2.75) is 19.8 Å².